The van der Waals surface area contributed by atoms with Crippen molar-refractivity contribution in [2.24, 2.45) is 0 Å². The summed E-state index contributed by atoms with van der Waals surface area (Å²) in [6, 6.07) is 12.4. The molecule has 11 heteroatoms. The van der Waals surface area contributed by atoms with E-state index in [2.05, 4.69) is 10.3 Å². The van der Waals surface area contributed by atoms with Crippen molar-refractivity contribution in [3.8, 4) is 11.1 Å². The molecule has 4 rings (SSSR count). The summed E-state index contributed by atoms with van der Waals surface area (Å²) in [5.41, 5.74) is 0.918. The number of thiophene rings is 1. The molecule has 0 saturated heterocycles. The molecule has 0 aliphatic heterocycles. The first-order valence-electron chi connectivity index (χ1n) is 10.2. The number of hydrogen-bond donors (Lipinski definition) is 1. The zero-order chi connectivity index (χ0) is 24.2. The van der Waals surface area contributed by atoms with Gasteiger partial charge in [-0.3, -0.25) is 24.3 Å². The van der Waals surface area contributed by atoms with E-state index in [-0.39, 0.29) is 35.5 Å². The zero-order valence-corrected chi connectivity index (χ0v) is 18.7. The highest BCUT2D eigenvalue weighted by Gasteiger charge is 2.18. The molecule has 0 fully saturated rings. The van der Waals surface area contributed by atoms with E-state index in [1.54, 1.807) is 42.6 Å². The van der Waals surface area contributed by atoms with Crippen molar-refractivity contribution in [1.82, 2.24) is 9.55 Å². The number of hydrogen-bond acceptors (Lipinski definition) is 8. The summed E-state index contributed by atoms with van der Waals surface area (Å²) in [6.07, 6.45) is 1.27. The van der Waals surface area contributed by atoms with Gasteiger partial charge in [-0.05, 0) is 24.6 Å². The number of ether oxygens (including phenoxy) is 1. The number of non-ortho nitro benzene ring substituents is 1. The molecular formula is C23H18N4O6S. The lowest BCUT2D eigenvalue weighted by Gasteiger charge is -2.11. The fraction of sp³-hybridized carbons (Fsp3) is 0.130. The lowest BCUT2D eigenvalue weighted by molar-refractivity contribution is -0.384. The van der Waals surface area contributed by atoms with Crippen molar-refractivity contribution in [3.63, 3.8) is 0 Å². The molecule has 4 aromatic rings. The van der Waals surface area contributed by atoms with Gasteiger partial charge in [-0.1, -0.05) is 24.3 Å². The third-order valence-electron chi connectivity index (χ3n) is 4.94. The van der Waals surface area contributed by atoms with Gasteiger partial charge in [-0.2, -0.15) is 0 Å². The monoisotopic (exact) mass is 478 g/mol. The van der Waals surface area contributed by atoms with Crippen LogP contribution in [0.4, 0.5) is 11.4 Å². The zero-order valence-electron chi connectivity index (χ0n) is 17.9. The van der Waals surface area contributed by atoms with Crippen molar-refractivity contribution >= 4 is 44.8 Å². The van der Waals surface area contributed by atoms with Crippen LogP contribution in [0.2, 0.25) is 0 Å². The summed E-state index contributed by atoms with van der Waals surface area (Å²) in [5.74, 6) is -1.11. The lowest BCUT2D eigenvalue weighted by atomic mass is 10.1. The highest BCUT2D eigenvalue weighted by molar-refractivity contribution is 7.17. The Labute approximate surface area is 196 Å². The van der Waals surface area contributed by atoms with Crippen LogP contribution >= 0.6 is 11.3 Å². The first-order valence-corrected chi connectivity index (χ1v) is 11.0. The first kappa shape index (κ1) is 22.8. The largest absolute Gasteiger partial charge is 0.462 e. The number of fused-ring (bicyclic) bond motifs is 1. The fourth-order valence-corrected chi connectivity index (χ4v) is 4.31. The minimum absolute atomic E-state index is 0.0966. The van der Waals surface area contributed by atoms with Crippen LogP contribution in [0.25, 0.3) is 21.3 Å². The highest BCUT2D eigenvalue weighted by Crippen LogP contribution is 2.32. The van der Waals surface area contributed by atoms with E-state index in [1.807, 2.05) is 0 Å². The standard InChI is InChI=1S/C23H18N4O6S/c1-2-33-23(30)16-8-3-4-9-18(16)25-19(28)11-26-13-24-21-20(22(26)29)17(12-34-21)14-6-5-7-15(10-14)27(31)32/h3-10,12-13H,2,11H2,1H3,(H,25,28). The quantitative estimate of drug-likeness (QED) is 0.242. The average Bonchev–Trinajstić information content (AvgIpc) is 3.26. The number of nitrogens with one attached hydrogen (secondary N) is 1. The SMILES string of the molecule is CCOC(=O)c1ccccc1NC(=O)Cn1cnc2scc(-c3cccc([N+](=O)[O-])c3)c2c1=O. The van der Waals surface area contributed by atoms with E-state index in [0.29, 0.717) is 16.0 Å². The van der Waals surface area contributed by atoms with E-state index in [0.717, 1.165) is 4.57 Å². The molecule has 0 unspecified atom stereocenters. The number of benzene rings is 2. The number of nitrogens with zero attached hydrogens (tertiary/aromatic N) is 3. The molecule has 0 aliphatic rings. The van der Waals surface area contributed by atoms with Crippen LogP contribution in [0.15, 0.2) is 65.0 Å². The topological polar surface area (TPSA) is 133 Å². The van der Waals surface area contributed by atoms with Crippen LogP contribution in [-0.2, 0) is 16.1 Å². The maximum absolute atomic E-state index is 13.2. The Hall–Kier alpha value is -4.38. The van der Waals surface area contributed by atoms with Gasteiger partial charge in [0.05, 0.1) is 34.5 Å². The smallest absolute Gasteiger partial charge is 0.340 e. The molecule has 0 spiro atoms. The third-order valence-corrected chi connectivity index (χ3v) is 5.83. The van der Waals surface area contributed by atoms with Gasteiger partial charge in [0.15, 0.2) is 0 Å². The number of anilines is 1. The van der Waals surface area contributed by atoms with Gasteiger partial charge < -0.3 is 10.1 Å². The normalized spacial score (nSPS) is 10.7. The van der Waals surface area contributed by atoms with Gasteiger partial charge >= 0.3 is 5.97 Å². The molecule has 34 heavy (non-hydrogen) atoms. The van der Waals surface area contributed by atoms with E-state index >= 15 is 0 Å². The molecule has 2 aromatic carbocycles. The van der Waals surface area contributed by atoms with Crippen LogP contribution in [-0.4, -0.2) is 33.0 Å². The second-order valence-corrected chi connectivity index (χ2v) is 7.99. The summed E-state index contributed by atoms with van der Waals surface area (Å²) in [6.45, 7) is 1.53. The molecule has 0 bridgehead atoms. The number of amides is 1. The minimum atomic E-state index is -0.571. The summed E-state index contributed by atoms with van der Waals surface area (Å²) in [7, 11) is 0. The van der Waals surface area contributed by atoms with Crippen LogP contribution in [0.3, 0.4) is 0 Å². The molecule has 10 nitrogen and oxygen atoms in total. The van der Waals surface area contributed by atoms with E-state index < -0.39 is 22.4 Å². The number of aromatic nitrogens is 2. The first-order chi connectivity index (χ1) is 16.4. The summed E-state index contributed by atoms with van der Waals surface area (Å²) in [5, 5.41) is 15.7. The number of nitro groups is 1. The summed E-state index contributed by atoms with van der Waals surface area (Å²) < 4.78 is 6.16. The number of carbonyl (C=O) groups is 2. The molecule has 0 saturated carbocycles. The van der Waals surface area contributed by atoms with Gasteiger partial charge in [0.1, 0.15) is 11.4 Å². The molecule has 1 N–H and O–H groups in total. The number of rotatable bonds is 7. The van der Waals surface area contributed by atoms with Crippen LogP contribution in [0, 0.1) is 10.1 Å². The molecule has 1 amide bonds. The van der Waals surface area contributed by atoms with E-state index in [4.69, 9.17) is 4.74 Å². The fourth-order valence-electron chi connectivity index (χ4n) is 3.40. The van der Waals surface area contributed by atoms with Crippen molar-refractivity contribution in [2.45, 2.75) is 13.5 Å². The Morgan fingerprint density at radius 2 is 2.00 bits per heavy atom. The van der Waals surface area contributed by atoms with Crippen molar-refractivity contribution < 1.29 is 19.2 Å². The average molecular weight is 478 g/mol. The van der Waals surface area contributed by atoms with Gasteiger partial charge in [-0.15, -0.1) is 11.3 Å². The Kier molecular flexibility index (Phi) is 6.46. The van der Waals surface area contributed by atoms with Gasteiger partial charge in [0.2, 0.25) is 5.91 Å². The Morgan fingerprint density at radius 1 is 1.21 bits per heavy atom. The molecule has 2 heterocycles. The number of para-hydroxylation sites is 1. The Morgan fingerprint density at radius 3 is 2.76 bits per heavy atom. The van der Waals surface area contributed by atoms with Gasteiger partial charge in [0, 0.05) is 23.1 Å². The second-order valence-electron chi connectivity index (χ2n) is 7.13. The molecule has 172 valence electrons. The maximum atomic E-state index is 13.2. The molecule has 2 aromatic heterocycles. The number of carbonyl (C=O) groups excluding carboxylic acids is 2. The lowest BCUT2D eigenvalue weighted by Crippen LogP contribution is -2.28. The van der Waals surface area contributed by atoms with Crippen LogP contribution in [0.5, 0.6) is 0 Å². The Balaban J connectivity index is 1.64. The summed E-state index contributed by atoms with van der Waals surface area (Å²) >= 11 is 1.23. The van der Waals surface area contributed by atoms with Crippen molar-refractivity contribution in [1.29, 1.82) is 0 Å². The van der Waals surface area contributed by atoms with Gasteiger partial charge in [-0.25, -0.2) is 9.78 Å². The summed E-state index contributed by atoms with van der Waals surface area (Å²) in [4.78, 5) is 53.4. The van der Waals surface area contributed by atoms with Crippen LogP contribution in [0.1, 0.15) is 17.3 Å². The molecule has 0 aliphatic carbocycles. The minimum Gasteiger partial charge on any atom is -0.462 e. The van der Waals surface area contributed by atoms with E-state index in [9.17, 15) is 24.5 Å². The Bertz CT molecular complexity index is 1480. The molecule has 0 atom stereocenters. The van der Waals surface area contributed by atoms with E-state index in [1.165, 1.54) is 35.9 Å². The predicted octanol–water partition coefficient (Wildman–Crippen LogP) is 3.85. The number of esters is 1. The third kappa shape index (κ3) is 4.55. The predicted molar refractivity (Wildman–Crippen MR) is 127 cm³/mol. The highest BCUT2D eigenvalue weighted by atomic mass is 32.1. The van der Waals surface area contributed by atoms with Gasteiger partial charge in [0.25, 0.3) is 11.2 Å². The molecule has 0 radical (unpaired) electrons. The van der Waals surface area contributed by atoms with Crippen molar-refractivity contribution in [3.05, 3.63) is 86.3 Å². The van der Waals surface area contributed by atoms with Crippen molar-refractivity contribution in [2.75, 3.05) is 11.9 Å². The second kappa shape index (κ2) is 9.63. The van der Waals surface area contributed by atoms with Crippen LogP contribution < -0.4 is 10.9 Å². The molecular weight excluding hydrogens is 460 g/mol. The maximum Gasteiger partial charge on any atom is 0.340 e. The number of nitro benzene ring substituents is 1.